The van der Waals surface area contributed by atoms with Crippen molar-refractivity contribution in [3.05, 3.63) is 34.5 Å². The van der Waals surface area contributed by atoms with Gasteiger partial charge in [-0.25, -0.2) is 18.4 Å². The van der Waals surface area contributed by atoms with Crippen LogP contribution in [0.15, 0.2) is 18.3 Å². The van der Waals surface area contributed by atoms with Crippen molar-refractivity contribution < 1.29 is 17.9 Å². The van der Waals surface area contributed by atoms with Crippen molar-refractivity contribution in [2.45, 2.75) is 32.9 Å². The molecule has 1 amide bonds. The van der Waals surface area contributed by atoms with Crippen molar-refractivity contribution in [1.82, 2.24) is 14.9 Å². The largest absolute Gasteiger partial charge is 0.475 e. The van der Waals surface area contributed by atoms with E-state index < -0.39 is 10.0 Å². The molecular formula is C16H20N4O4S2. The van der Waals surface area contributed by atoms with E-state index in [1.807, 2.05) is 13.8 Å². The molecule has 26 heavy (non-hydrogen) atoms. The van der Waals surface area contributed by atoms with Crippen LogP contribution in [-0.2, 0) is 23.0 Å². The molecule has 0 atom stereocenters. The Labute approximate surface area is 156 Å². The zero-order valence-electron chi connectivity index (χ0n) is 14.7. The van der Waals surface area contributed by atoms with E-state index in [0.717, 1.165) is 16.8 Å². The number of hydrogen-bond acceptors (Lipinski definition) is 7. The third-order valence-corrected chi connectivity index (χ3v) is 5.32. The number of nitrogens with one attached hydrogen (secondary N) is 1. The first kappa shape index (κ1) is 18.6. The van der Waals surface area contributed by atoms with Gasteiger partial charge in [-0.1, -0.05) is 11.3 Å². The van der Waals surface area contributed by atoms with Gasteiger partial charge >= 0.3 is 0 Å². The second kappa shape index (κ2) is 7.20. The number of hydrogen-bond donors (Lipinski definition) is 1. The highest BCUT2D eigenvalue weighted by Crippen LogP contribution is 2.29. The number of nitrogens with zero attached hydrogens (tertiary/aromatic N) is 3. The van der Waals surface area contributed by atoms with Crippen LogP contribution in [0.4, 0.5) is 5.13 Å². The van der Waals surface area contributed by atoms with Crippen LogP contribution in [-0.4, -0.2) is 48.1 Å². The van der Waals surface area contributed by atoms with Gasteiger partial charge in [0.1, 0.15) is 0 Å². The molecule has 0 unspecified atom stereocenters. The molecule has 0 bridgehead atoms. The van der Waals surface area contributed by atoms with E-state index >= 15 is 0 Å². The minimum absolute atomic E-state index is 0.0247. The molecule has 0 saturated carbocycles. The quantitative estimate of drug-likeness (QED) is 0.828. The number of ether oxygens (including phenoxy) is 1. The summed E-state index contributed by atoms with van der Waals surface area (Å²) < 4.78 is 30.6. The average Bonchev–Trinajstić information content (AvgIpc) is 2.92. The second-order valence-electron chi connectivity index (χ2n) is 6.29. The Morgan fingerprint density at radius 3 is 2.88 bits per heavy atom. The molecule has 2 aromatic rings. The molecule has 0 spiro atoms. The van der Waals surface area contributed by atoms with Crippen LogP contribution in [0.25, 0.3) is 0 Å². The Morgan fingerprint density at radius 1 is 1.42 bits per heavy atom. The number of fused-ring (bicyclic) bond motifs is 1. The van der Waals surface area contributed by atoms with E-state index in [9.17, 15) is 13.2 Å². The zero-order valence-corrected chi connectivity index (χ0v) is 16.4. The molecule has 1 aliphatic rings. The highest BCUT2D eigenvalue weighted by Gasteiger charge is 2.26. The van der Waals surface area contributed by atoms with Crippen molar-refractivity contribution in [1.29, 1.82) is 0 Å². The smallest absolute Gasteiger partial charge is 0.254 e. The van der Waals surface area contributed by atoms with Crippen molar-refractivity contribution in [2.75, 3.05) is 17.5 Å². The third kappa shape index (κ3) is 4.50. The first-order valence-corrected chi connectivity index (χ1v) is 10.8. The van der Waals surface area contributed by atoms with Gasteiger partial charge in [-0.3, -0.25) is 9.52 Å². The van der Waals surface area contributed by atoms with Gasteiger partial charge in [0, 0.05) is 35.7 Å². The first-order valence-electron chi connectivity index (χ1n) is 8.09. The Hall–Kier alpha value is -2.20. The minimum Gasteiger partial charge on any atom is -0.475 e. The molecule has 0 aromatic carbocycles. The second-order valence-corrected chi connectivity index (χ2v) is 9.12. The lowest BCUT2D eigenvalue weighted by Crippen LogP contribution is -2.35. The Morgan fingerprint density at radius 2 is 2.19 bits per heavy atom. The van der Waals surface area contributed by atoms with E-state index in [-0.39, 0.29) is 12.0 Å². The molecule has 0 radical (unpaired) electrons. The number of sulfonamides is 1. The lowest BCUT2D eigenvalue weighted by atomic mass is 10.1. The zero-order chi connectivity index (χ0) is 18.9. The van der Waals surface area contributed by atoms with Crippen LogP contribution in [0, 0.1) is 0 Å². The van der Waals surface area contributed by atoms with Crippen molar-refractivity contribution in [3.63, 3.8) is 0 Å². The fourth-order valence-electron chi connectivity index (χ4n) is 2.60. The molecule has 3 heterocycles. The SMILES string of the molecule is CC(C)Oc1cc(C(=O)N2CCc3nc(NS(C)(=O)=O)sc3C2)ccn1. The van der Waals surface area contributed by atoms with Crippen molar-refractivity contribution in [2.24, 2.45) is 0 Å². The minimum atomic E-state index is -3.37. The summed E-state index contributed by atoms with van der Waals surface area (Å²) in [5, 5.41) is 0.336. The normalized spacial score (nSPS) is 14.2. The lowest BCUT2D eigenvalue weighted by molar-refractivity contribution is 0.0735. The highest BCUT2D eigenvalue weighted by atomic mass is 32.2. The number of thiazole rings is 1. The van der Waals surface area contributed by atoms with Crippen LogP contribution in [0.1, 0.15) is 34.8 Å². The lowest BCUT2D eigenvalue weighted by Gasteiger charge is -2.26. The van der Waals surface area contributed by atoms with Gasteiger partial charge in [-0.2, -0.15) is 0 Å². The molecule has 1 N–H and O–H groups in total. The topological polar surface area (TPSA) is 101 Å². The van der Waals surface area contributed by atoms with Gasteiger partial charge in [0.2, 0.25) is 15.9 Å². The Kier molecular flexibility index (Phi) is 5.15. The number of rotatable bonds is 5. The van der Waals surface area contributed by atoms with Gasteiger partial charge in [-0.15, -0.1) is 0 Å². The summed E-state index contributed by atoms with van der Waals surface area (Å²) in [6.45, 7) is 4.72. The Balaban J connectivity index is 1.75. The number of carbonyl (C=O) groups is 1. The van der Waals surface area contributed by atoms with E-state index in [2.05, 4.69) is 14.7 Å². The van der Waals surface area contributed by atoms with E-state index in [0.29, 0.717) is 36.1 Å². The van der Waals surface area contributed by atoms with Crippen LogP contribution in [0.3, 0.4) is 0 Å². The number of amides is 1. The van der Waals surface area contributed by atoms with Gasteiger partial charge in [0.25, 0.3) is 5.91 Å². The Bertz CT molecular complexity index is 924. The standard InChI is InChI=1S/C16H20N4O4S2/c1-10(2)24-14-8-11(4-6-17-14)15(21)20-7-5-12-13(9-20)25-16(18-12)19-26(3,22)23/h4,6,8,10H,5,7,9H2,1-3H3,(H,18,19). The number of aromatic nitrogens is 2. The average molecular weight is 396 g/mol. The van der Waals surface area contributed by atoms with Crippen molar-refractivity contribution >= 4 is 32.4 Å². The number of pyridine rings is 1. The maximum atomic E-state index is 12.8. The van der Waals surface area contributed by atoms with Gasteiger partial charge in [0.15, 0.2) is 5.13 Å². The molecule has 140 valence electrons. The van der Waals surface area contributed by atoms with Crippen molar-refractivity contribution in [3.8, 4) is 5.88 Å². The molecule has 10 heteroatoms. The molecule has 0 aliphatic carbocycles. The third-order valence-electron chi connectivity index (χ3n) is 3.63. The van der Waals surface area contributed by atoms with E-state index in [1.54, 1.807) is 23.2 Å². The predicted molar refractivity (Wildman–Crippen MR) is 99.0 cm³/mol. The van der Waals surface area contributed by atoms with Gasteiger partial charge < -0.3 is 9.64 Å². The number of carbonyl (C=O) groups excluding carboxylic acids is 1. The highest BCUT2D eigenvalue weighted by molar-refractivity contribution is 7.92. The molecule has 0 fully saturated rings. The van der Waals surface area contributed by atoms with Gasteiger partial charge in [0.05, 0.1) is 24.6 Å². The van der Waals surface area contributed by atoms with E-state index in [1.165, 1.54) is 11.3 Å². The maximum absolute atomic E-state index is 12.8. The van der Waals surface area contributed by atoms with Gasteiger partial charge in [-0.05, 0) is 19.9 Å². The summed E-state index contributed by atoms with van der Waals surface area (Å²) in [4.78, 5) is 23.8. The van der Waals surface area contributed by atoms with E-state index in [4.69, 9.17) is 4.74 Å². The molecule has 2 aromatic heterocycles. The molecule has 1 aliphatic heterocycles. The summed E-state index contributed by atoms with van der Waals surface area (Å²) in [5.74, 6) is 0.304. The van der Waals surface area contributed by atoms with Crippen LogP contribution in [0.5, 0.6) is 5.88 Å². The predicted octanol–water partition coefficient (Wildman–Crippen LogP) is 1.90. The fourth-order valence-corrected chi connectivity index (χ4v) is 4.46. The summed E-state index contributed by atoms with van der Waals surface area (Å²) in [5.41, 5.74) is 1.35. The van der Waals surface area contributed by atoms with Crippen LogP contribution < -0.4 is 9.46 Å². The summed E-state index contributed by atoms with van der Waals surface area (Å²) in [7, 11) is -3.37. The summed E-state index contributed by atoms with van der Waals surface area (Å²) >= 11 is 1.26. The maximum Gasteiger partial charge on any atom is 0.254 e. The van der Waals surface area contributed by atoms with Crippen LogP contribution >= 0.6 is 11.3 Å². The first-order chi connectivity index (χ1) is 12.2. The summed E-state index contributed by atoms with van der Waals surface area (Å²) in [6, 6.07) is 3.30. The number of anilines is 1. The van der Waals surface area contributed by atoms with Crippen LogP contribution in [0.2, 0.25) is 0 Å². The summed E-state index contributed by atoms with van der Waals surface area (Å²) in [6.07, 6.45) is 3.21. The molecule has 3 rings (SSSR count). The fraction of sp³-hybridized carbons (Fsp3) is 0.438. The molecular weight excluding hydrogens is 376 g/mol. The molecule has 0 saturated heterocycles. The molecule has 8 nitrogen and oxygen atoms in total. The monoisotopic (exact) mass is 396 g/mol.